The molecule has 0 fully saturated rings. The lowest BCUT2D eigenvalue weighted by Crippen LogP contribution is -2.40. The van der Waals surface area contributed by atoms with Gasteiger partial charge in [-0.25, -0.2) is 9.79 Å². The van der Waals surface area contributed by atoms with Gasteiger partial charge in [-0.2, -0.15) is 0 Å². The third-order valence-electron chi connectivity index (χ3n) is 5.00. The average molecular weight is 450 g/mol. The van der Waals surface area contributed by atoms with E-state index in [2.05, 4.69) is 9.98 Å². The number of allylic oxidation sites excluding steroid dienone is 1. The molecule has 3 heterocycles. The summed E-state index contributed by atoms with van der Waals surface area (Å²) < 4.78 is 12.9. The number of ether oxygens (including phenoxy) is 2. The largest absolute Gasteiger partial charge is 0.497 e. The highest BCUT2D eigenvalue weighted by Crippen LogP contribution is 2.31. The molecule has 3 aromatic rings. The van der Waals surface area contributed by atoms with Crippen molar-refractivity contribution in [3.05, 3.63) is 90.9 Å². The lowest BCUT2D eigenvalue weighted by atomic mass is 9.96. The van der Waals surface area contributed by atoms with Crippen molar-refractivity contribution in [2.45, 2.75) is 32.9 Å². The van der Waals surface area contributed by atoms with Crippen LogP contribution < -0.4 is 19.6 Å². The molecule has 0 saturated carbocycles. The second-order valence-corrected chi connectivity index (χ2v) is 8.60. The Balaban J connectivity index is 1.94. The van der Waals surface area contributed by atoms with E-state index >= 15 is 0 Å². The summed E-state index contributed by atoms with van der Waals surface area (Å²) in [6, 6.07) is 10.4. The molecular formula is C24H23N3O4S. The van der Waals surface area contributed by atoms with Crippen molar-refractivity contribution in [2.75, 3.05) is 7.11 Å². The predicted octanol–water partition coefficient (Wildman–Crippen LogP) is 2.59. The highest BCUT2D eigenvalue weighted by molar-refractivity contribution is 7.07. The average Bonchev–Trinajstić information content (AvgIpc) is 3.07. The number of carbonyl (C=O) groups is 1. The zero-order valence-electron chi connectivity index (χ0n) is 18.2. The number of thiazole rings is 1. The molecule has 0 spiro atoms. The summed E-state index contributed by atoms with van der Waals surface area (Å²) in [7, 11) is 1.59. The Morgan fingerprint density at radius 3 is 2.59 bits per heavy atom. The number of pyridine rings is 1. The van der Waals surface area contributed by atoms with Crippen LogP contribution in [0.5, 0.6) is 5.75 Å². The van der Waals surface area contributed by atoms with Crippen LogP contribution in [0.25, 0.3) is 6.08 Å². The van der Waals surface area contributed by atoms with Gasteiger partial charge in [0.15, 0.2) is 4.80 Å². The number of nitrogens with zero attached hydrogens (tertiary/aromatic N) is 3. The van der Waals surface area contributed by atoms with Crippen molar-refractivity contribution in [3.8, 4) is 5.75 Å². The fourth-order valence-corrected chi connectivity index (χ4v) is 4.62. The molecule has 1 aliphatic rings. The molecule has 0 N–H and O–H groups in total. The van der Waals surface area contributed by atoms with Crippen molar-refractivity contribution < 1.29 is 14.3 Å². The zero-order chi connectivity index (χ0) is 22.8. The minimum Gasteiger partial charge on any atom is -0.497 e. The third kappa shape index (κ3) is 4.13. The third-order valence-corrected chi connectivity index (χ3v) is 5.98. The van der Waals surface area contributed by atoms with Crippen LogP contribution in [0, 0.1) is 0 Å². The monoisotopic (exact) mass is 449 g/mol. The molecule has 0 aliphatic carbocycles. The van der Waals surface area contributed by atoms with Crippen LogP contribution >= 0.6 is 11.3 Å². The van der Waals surface area contributed by atoms with E-state index in [9.17, 15) is 9.59 Å². The Labute approximate surface area is 189 Å². The molecule has 7 nitrogen and oxygen atoms in total. The van der Waals surface area contributed by atoms with Gasteiger partial charge in [0.05, 0.1) is 35.1 Å². The number of carbonyl (C=O) groups excluding carboxylic acids is 1. The molecule has 8 heteroatoms. The maximum atomic E-state index is 13.5. The van der Waals surface area contributed by atoms with Crippen LogP contribution in [0.3, 0.4) is 0 Å². The first kappa shape index (κ1) is 21.7. The SMILES string of the molecule is COc1ccc(C2C(C(=O)OC(C)C)=C(C)N=c3s/c(=C\c4cccnc4)c(=O)n32)cc1. The summed E-state index contributed by atoms with van der Waals surface area (Å²) in [6.45, 7) is 5.35. The topological polar surface area (TPSA) is 82.8 Å². The summed E-state index contributed by atoms with van der Waals surface area (Å²) in [6.07, 6.45) is 4.86. The molecule has 2 aromatic heterocycles. The van der Waals surface area contributed by atoms with Crippen LogP contribution in [-0.2, 0) is 9.53 Å². The van der Waals surface area contributed by atoms with Gasteiger partial charge in [-0.3, -0.25) is 14.3 Å². The van der Waals surface area contributed by atoms with Gasteiger partial charge < -0.3 is 9.47 Å². The molecule has 32 heavy (non-hydrogen) atoms. The summed E-state index contributed by atoms with van der Waals surface area (Å²) in [5.74, 6) is 0.202. The number of methoxy groups -OCH3 is 1. The second kappa shape index (κ2) is 8.92. The minimum absolute atomic E-state index is 0.222. The molecule has 0 saturated heterocycles. The predicted molar refractivity (Wildman–Crippen MR) is 122 cm³/mol. The fraction of sp³-hybridized carbons (Fsp3) is 0.250. The van der Waals surface area contributed by atoms with Gasteiger partial charge in [-0.1, -0.05) is 29.5 Å². The van der Waals surface area contributed by atoms with E-state index in [-0.39, 0.29) is 11.7 Å². The van der Waals surface area contributed by atoms with Crippen molar-refractivity contribution in [1.82, 2.24) is 9.55 Å². The van der Waals surface area contributed by atoms with Crippen LogP contribution in [0.15, 0.2) is 69.8 Å². The first-order valence-corrected chi connectivity index (χ1v) is 11.0. The molecule has 1 unspecified atom stereocenters. The number of fused-ring (bicyclic) bond motifs is 1. The van der Waals surface area contributed by atoms with E-state index in [4.69, 9.17) is 9.47 Å². The van der Waals surface area contributed by atoms with Crippen molar-refractivity contribution in [2.24, 2.45) is 4.99 Å². The highest BCUT2D eigenvalue weighted by Gasteiger charge is 2.33. The number of esters is 1. The number of hydrogen-bond acceptors (Lipinski definition) is 7. The van der Waals surface area contributed by atoms with Crippen molar-refractivity contribution in [1.29, 1.82) is 0 Å². The summed E-state index contributed by atoms with van der Waals surface area (Å²) >= 11 is 1.28. The normalized spacial score (nSPS) is 16.0. The lowest BCUT2D eigenvalue weighted by molar-refractivity contribution is -0.143. The van der Waals surface area contributed by atoms with Gasteiger partial charge in [-0.05, 0) is 56.2 Å². The molecule has 0 bridgehead atoms. The van der Waals surface area contributed by atoms with Gasteiger partial charge in [0.2, 0.25) is 0 Å². The number of hydrogen-bond donors (Lipinski definition) is 0. The number of rotatable bonds is 5. The number of aromatic nitrogens is 2. The zero-order valence-corrected chi connectivity index (χ0v) is 19.1. The van der Waals surface area contributed by atoms with Crippen molar-refractivity contribution in [3.63, 3.8) is 0 Å². The first-order valence-electron chi connectivity index (χ1n) is 10.2. The van der Waals surface area contributed by atoms with Gasteiger partial charge >= 0.3 is 5.97 Å². The smallest absolute Gasteiger partial charge is 0.338 e. The van der Waals surface area contributed by atoms with E-state index in [0.717, 1.165) is 11.1 Å². The highest BCUT2D eigenvalue weighted by atomic mass is 32.1. The quantitative estimate of drug-likeness (QED) is 0.559. The van der Waals surface area contributed by atoms with Gasteiger partial charge in [0, 0.05) is 12.4 Å². The standard InChI is InChI=1S/C24H23N3O4S/c1-14(2)31-23(29)20-15(3)26-24-27(21(20)17-7-9-18(30-4)10-8-17)22(28)19(32-24)12-16-6-5-11-25-13-16/h5-14,21H,1-4H3/b19-12-. The van der Waals surface area contributed by atoms with Crippen LogP contribution in [0.1, 0.15) is 37.9 Å². The Morgan fingerprint density at radius 2 is 1.97 bits per heavy atom. The Bertz CT molecular complexity index is 1350. The Morgan fingerprint density at radius 1 is 1.22 bits per heavy atom. The van der Waals surface area contributed by atoms with E-state index in [1.807, 2.05) is 36.4 Å². The van der Waals surface area contributed by atoms with Crippen LogP contribution in [0.4, 0.5) is 0 Å². The van der Waals surface area contributed by atoms with Gasteiger partial charge in [-0.15, -0.1) is 0 Å². The van der Waals surface area contributed by atoms with E-state index in [1.54, 1.807) is 50.9 Å². The molecular weight excluding hydrogens is 426 g/mol. The maximum absolute atomic E-state index is 13.5. The van der Waals surface area contributed by atoms with Crippen molar-refractivity contribution >= 4 is 23.4 Å². The minimum atomic E-state index is -0.653. The van der Waals surface area contributed by atoms with Gasteiger partial charge in [0.25, 0.3) is 5.56 Å². The van der Waals surface area contributed by atoms with E-state index in [0.29, 0.717) is 26.4 Å². The molecule has 0 radical (unpaired) electrons. The van der Waals surface area contributed by atoms with E-state index in [1.165, 1.54) is 11.3 Å². The number of benzene rings is 1. The summed E-state index contributed by atoms with van der Waals surface area (Å²) in [5.41, 5.74) is 2.24. The summed E-state index contributed by atoms with van der Waals surface area (Å²) in [5, 5.41) is 0. The Kier molecular flexibility index (Phi) is 6.05. The first-order chi connectivity index (χ1) is 15.4. The van der Waals surface area contributed by atoms with Crippen LogP contribution in [0.2, 0.25) is 0 Å². The molecule has 1 aliphatic heterocycles. The Hall–Kier alpha value is -3.52. The lowest BCUT2D eigenvalue weighted by Gasteiger charge is -2.25. The summed E-state index contributed by atoms with van der Waals surface area (Å²) in [4.78, 5) is 35.8. The van der Waals surface area contributed by atoms with Crippen LogP contribution in [-0.4, -0.2) is 28.7 Å². The molecule has 1 atom stereocenters. The second-order valence-electron chi connectivity index (χ2n) is 7.60. The molecule has 1 aromatic carbocycles. The molecule has 0 amide bonds. The van der Waals surface area contributed by atoms with Gasteiger partial charge in [0.1, 0.15) is 5.75 Å². The fourth-order valence-electron chi connectivity index (χ4n) is 3.57. The van der Waals surface area contributed by atoms with E-state index < -0.39 is 12.0 Å². The molecule has 164 valence electrons. The molecule has 4 rings (SSSR count). The maximum Gasteiger partial charge on any atom is 0.338 e.